The van der Waals surface area contributed by atoms with Gasteiger partial charge in [0.25, 0.3) is 6.33 Å². The maximum absolute atomic E-state index is 15.5. The maximum atomic E-state index is 15.5. The monoisotopic (exact) mass is 793 g/mol. The Balaban J connectivity index is 1.57. The van der Waals surface area contributed by atoms with Crippen molar-refractivity contribution in [3.63, 3.8) is 0 Å². The number of thiazole rings is 1. The lowest BCUT2D eigenvalue weighted by Gasteiger charge is -2.32. The smallest absolute Gasteiger partial charge is 0.418 e. The van der Waals surface area contributed by atoms with Gasteiger partial charge in [-0.2, -0.15) is 4.57 Å². The molecular weight excluding hydrogens is 743 g/mol. The molecule has 0 spiro atoms. The molecule has 0 bridgehead atoms. The zero-order valence-electron chi connectivity index (χ0n) is 33.0. The first-order chi connectivity index (χ1) is 26.5. The summed E-state index contributed by atoms with van der Waals surface area (Å²) in [4.78, 5) is 23.3. The predicted molar refractivity (Wildman–Crippen MR) is 211 cm³/mol. The number of carbonyl (C=O) groups excluding carboxylic acids is 1. The fraction of sp³-hybridized carbons (Fsp3) is 0.400. The molecule has 13 nitrogen and oxygen atoms in total. The summed E-state index contributed by atoms with van der Waals surface area (Å²) in [6, 6.07) is 10.1. The van der Waals surface area contributed by atoms with Crippen molar-refractivity contribution >= 4 is 30.0 Å². The van der Waals surface area contributed by atoms with E-state index >= 15 is 4.39 Å². The Morgan fingerprint density at radius 3 is 2.57 bits per heavy atom. The molecule has 3 atom stereocenters. The van der Waals surface area contributed by atoms with Crippen LogP contribution in [0.1, 0.15) is 69.8 Å². The lowest BCUT2D eigenvalue weighted by Crippen LogP contribution is -2.42. The molecule has 4 aromatic rings. The van der Waals surface area contributed by atoms with Crippen molar-refractivity contribution in [2.45, 2.75) is 71.4 Å². The molecule has 0 aliphatic carbocycles. The lowest BCUT2D eigenvalue weighted by atomic mass is 9.82. The van der Waals surface area contributed by atoms with Gasteiger partial charge in [-0.05, 0) is 71.8 Å². The summed E-state index contributed by atoms with van der Waals surface area (Å²) < 4.78 is 50.1. The van der Waals surface area contributed by atoms with E-state index in [-0.39, 0.29) is 30.4 Å². The normalized spacial score (nSPS) is 14.5. The van der Waals surface area contributed by atoms with Crippen LogP contribution in [0.4, 0.5) is 13.6 Å². The van der Waals surface area contributed by atoms with Crippen LogP contribution in [-0.2, 0) is 26.4 Å². The van der Waals surface area contributed by atoms with Crippen LogP contribution in [0.2, 0.25) is 0 Å². The highest BCUT2D eigenvalue weighted by Crippen LogP contribution is 2.41. The number of nitrogens with one attached hydrogen (secondary N) is 2. The Morgan fingerprint density at radius 2 is 1.93 bits per heavy atom. The van der Waals surface area contributed by atoms with Gasteiger partial charge in [0.05, 0.1) is 23.9 Å². The highest BCUT2D eigenvalue weighted by Gasteiger charge is 2.43. The summed E-state index contributed by atoms with van der Waals surface area (Å²) in [5.74, 6) is -2.07. The number of halogens is 2. The number of aliphatic hydroxyl groups is 1. The van der Waals surface area contributed by atoms with Crippen molar-refractivity contribution in [2.75, 3.05) is 33.9 Å². The quantitative estimate of drug-likeness (QED) is 0.0351. The van der Waals surface area contributed by atoms with Crippen LogP contribution in [0.3, 0.4) is 0 Å². The topological polar surface area (TPSA) is 151 Å². The number of nitrogens with zero attached hydrogens (tertiary/aromatic N) is 6. The van der Waals surface area contributed by atoms with Gasteiger partial charge in [0.15, 0.2) is 0 Å². The van der Waals surface area contributed by atoms with Crippen molar-refractivity contribution in [2.24, 2.45) is 4.99 Å². The first-order valence-electron chi connectivity index (χ1n) is 17.9. The second kappa shape index (κ2) is 19.1. The zero-order chi connectivity index (χ0) is 41.2. The summed E-state index contributed by atoms with van der Waals surface area (Å²) in [5, 5.41) is 30.3. The summed E-state index contributed by atoms with van der Waals surface area (Å²) in [5.41, 5.74) is -0.232. The number of aromatic nitrogens is 4. The number of likely N-dealkylation sites (N-methyl/N-ethyl adjacent to an activating group) is 1. The Bertz CT molecular complexity index is 2040. The van der Waals surface area contributed by atoms with Crippen molar-refractivity contribution in [1.29, 1.82) is 5.41 Å². The number of amides is 1. The molecule has 0 radical (unpaired) electrons. The van der Waals surface area contributed by atoms with Crippen molar-refractivity contribution in [3.05, 3.63) is 112 Å². The van der Waals surface area contributed by atoms with E-state index in [1.165, 1.54) is 45.2 Å². The van der Waals surface area contributed by atoms with E-state index in [4.69, 9.17) is 24.6 Å². The minimum absolute atomic E-state index is 0.0471. The third-order valence-electron chi connectivity index (χ3n) is 8.70. The lowest BCUT2D eigenvalue weighted by molar-refractivity contribution is -0.753. The van der Waals surface area contributed by atoms with Gasteiger partial charge in [0.1, 0.15) is 35.2 Å². The highest BCUT2D eigenvalue weighted by molar-refractivity contribution is 7.10. The number of aliphatic imine (C=N–C) groups is 1. The molecule has 300 valence electrons. The third-order valence-corrected chi connectivity index (χ3v) is 9.73. The number of carbonyl (C=O) groups is 1. The third kappa shape index (κ3) is 11.0. The Morgan fingerprint density at radius 1 is 1.21 bits per heavy atom. The van der Waals surface area contributed by atoms with E-state index in [9.17, 15) is 14.3 Å². The zero-order valence-corrected chi connectivity index (χ0v) is 33.9. The molecule has 0 aliphatic heterocycles. The van der Waals surface area contributed by atoms with E-state index in [1.807, 2.05) is 52.3 Å². The Labute approximate surface area is 330 Å². The van der Waals surface area contributed by atoms with Gasteiger partial charge in [0, 0.05) is 59.2 Å². The van der Waals surface area contributed by atoms with E-state index in [0.717, 1.165) is 23.8 Å². The molecule has 2 heterocycles. The van der Waals surface area contributed by atoms with Crippen molar-refractivity contribution in [3.8, 4) is 11.3 Å². The van der Waals surface area contributed by atoms with Crippen molar-refractivity contribution in [1.82, 2.24) is 25.0 Å². The largest absolute Gasteiger partial charge is 0.472 e. The Kier molecular flexibility index (Phi) is 14.9. The molecule has 1 amide bonds. The van der Waals surface area contributed by atoms with E-state index in [2.05, 4.69) is 22.1 Å². The van der Waals surface area contributed by atoms with E-state index < -0.39 is 41.1 Å². The number of benzene rings is 2. The van der Waals surface area contributed by atoms with E-state index in [1.54, 1.807) is 38.1 Å². The minimum Gasteiger partial charge on any atom is -0.472 e. The van der Waals surface area contributed by atoms with Gasteiger partial charge >= 0.3 is 6.09 Å². The van der Waals surface area contributed by atoms with Gasteiger partial charge < -0.3 is 24.6 Å². The Hall–Kier alpha value is -5.16. The first-order valence-corrected chi connectivity index (χ1v) is 18.8. The van der Waals surface area contributed by atoms with Gasteiger partial charge in [-0.1, -0.05) is 31.2 Å². The molecule has 0 saturated carbocycles. The second-order valence-corrected chi connectivity index (χ2v) is 14.9. The number of ether oxygens (including phenoxy) is 3. The number of rotatable bonds is 17. The summed E-state index contributed by atoms with van der Waals surface area (Å²) in [7, 11) is 3.33. The fourth-order valence-corrected chi connectivity index (χ4v) is 6.63. The molecule has 2 unspecified atom stereocenters. The average molecular weight is 794 g/mol. The van der Waals surface area contributed by atoms with Crippen LogP contribution in [0.15, 0.2) is 89.0 Å². The summed E-state index contributed by atoms with van der Waals surface area (Å²) >= 11 is 1.27. The second-order valence-electron chi connectivity index (χ2n) is 14.1. The fourth-order valence-electron chi connectivity index (χ4n) is 5.66. The number of hydrogen-bond acceptors (Lipinski definition) is 11. The van der Waals surface area contributed by atoms with Crippen LogP contribution in [0.5, 0.6) is 0 Å². The summed E-state index contributed by atoms with van der Waals surface area (Å²) in [6.45, 7) is 15.4. The van der Waals surface area contributed by atoms with Gasteiger partial charge in [-0.15, -0.1) is 16.0 Å². The van der Waals surface area contributed by atoms with Gasteiger partial charge in [-0.3, -0.25) is 10.3 Å². The molecule has 4 rings (SSSR count). The number of allylic oxidation sites excluding steroid dienone is 1. The molecule has 2 aromatic heterocycles. The molecular formula is C40H51F2N8O5S+. The van der Waals surface area contributed by atoms with E-state index in [0.29, 0.717) is 35.0 Å². The van der Waals surface area contributed by atoms with Crippen molar-refractivity contribution < 1.29 is 37.5 Å². The predicted octanol–water partition coefficient (Wildman–Crippen LogP) is 6.72. The van der Waals surface area contributed by atoms with Crippen LogP contribution in [0, 0.1) is 17.0 Å². The number of hydrogen-bond donors (Lipinski definition) is 3. The maximum Gasteiger partial charge on any atom is 0.418 e. The summed E-state index contributed by atoms with van der Waals surface area (Å²) in [6.07, 6.45) is 4.86. The van der Waals surface area contributed by atoms with Crippen LogP contribution < -0.4 is 9.88 Å². The first kappa shape index (κ1) is 43.6. The molecule has 0 aliphatic rings. The molecule has 3 N–H and O–H groups in total. The SMILES string of the molecule is C=N/C(=C(\C=C/C)COCCNC)N(C)C(=O)OC(C)[n+]1cnn(CC(O)(c2cc(F)ccc2F)[C@@H](C)c2nc(-c3ccc(C(=N)OC(C)(C)C)cc3)cs2)c1. The average Bonchev–Trinajstić information content (AvgIpc) is 3.84. The van der Waals surface area contributed by atoms with Gasteiger partial charge in [-0.25, -0.2) is 23.6 Å². The molecule has 2 aromatic carbocycles. The molecule has 0 fully saturated rings. The van der Waals surface area contributed by atoms with Gasteiger partial charge in [0.2, 0.25) is 18.5 Å². The van der Waals surface area contributed by atoms with Crippen LogP contribution in [0.25, 0.3) is 11.3 Å². The van der Waals surface area contributed by atoms with Crippen LogP contribution >= 0.6 is 11.3 Å². The highest BCUT2D eigenvalue weighted by atomic mass is 32.1. The minimum atomic E-state index is -2.04. The molecule has 16 heteroatoms. The molecule has 56 heavy (non-hydrogen) atoms. The standard InChI is InChI=1S/C40H51F2N8O5S/c1-10-11-30(21-53-19-18-44-7)36(45-8)48(9)38(51)54-27(3)49-24-46-50(25-49)23-40(52,32-20-31(41)16-17-33(32)42)26(2)37-47-34(22-56-37)28-12-14-29(15-13-28)35(43)55-39(4,5)6/h10-17,20,22,24-27,43-44,52H,8,18-19,21,23H2,1-7,9H3/q+1/b11-10-,36-30-,43-35?/t26-,27?,40?/m0/s1. The van der Waals surface area contributed by atoms with Crippen LogP contribution in [-0.4, -0.2) is 82.9 Å². The molecule has 0 saturated heterocycles.